The minimum atomic E-state index is -0.913. The number of pyridine rings is 1. The summed E-state index contributed by atoms with van der Waals surface area (Å²) in [6.45, 7) is 7.23. The molecule has 4 aromatic heterocycles. The number of hydrogen-bond acceptors (Lipinski definition) is 12. The predicted octanol–water partition coefficient (Wildman–Crippen LogP) is 7.63. The molecule has 11 rings (SSSR count). The van der Waals surface area contributed by atoms with Gasteiger partial charge in [0.05, 0.1) is 22.7 Å². The van der Waals surface area contributed by atoms with Crippen LogP contribution in [0, 0.1) is 24.0 Å². The van der Waals surface area contributed by atoms with E-state index in [0.717, 1.165) is 81.5 Å². The third-order valence-electron chi connectivity index (χ3n) is 14.4. The number of piperazine rings is 1. The lowest BCUT2D eigenvalue weighted by atomic mass is 9.95. The lowest BCUT2D eigenvalue weighted by Gasteiger charge is -2.34. The highest BCUT2D eigenvalue weighted by Gasteiger charge is 2.49. The Kier molecular flexibility index (Phi) is 11.7. The van der Waals surface area contributed by atoms with Crippen LogP contribution in [-0.4, -0.2) is 108 Å². The Balaban J connectivity index is 0.000000199. The van der Waals surface area contributed by atoms with Crippen LogP contribution in [-0.2, 0) is 0 Å². The van der Waals surface area contributed by atoms with Crippen LogP contribution in [0.1, 0.15) is 95.2 Å². The largest absolute Gasteiger partial charge is 0.508 e. The van der Waals surface area contributed by atoms with Gasteiger partial charge in [0, 0.05) is 91.1 Å². The highest BCUT2D eigenvalue weighted by atomic mass is 19.1. The fourth-order valence-corrected chi connectivity index (χ4v) is 11.2. The molecular weight excluding hydrogens is 832 g/mol. The van der Waals surface area contributed by atoms with Gasteiger partial charge in [-0.3, -0.25) is 9.88 Å². The number of nitrogens with two attached hydrogens (primary N) is 1. The lowest BCUT2D eigenvalue weighted by Crippen LogP contribution is -2.51. The molecule has 1 aliphatic carbocycles. The van der Waals surface area contributed by atoms with Crippen molar-refractivity contribution in [2.75, 3.05) is 43.0 Å². The van der Waals surface area contributed by atoms with Gasteiger partial charge in [0.25, 0.3) is 0 Å². The van der Waals surface area contributed by atoms with Gasteiger partial charge in [-0.05, 0) is 87.9 Å². The monoisotopic (exact) mass is 887 g/mol. The molecule has 6 aromatic rings. The summed E-state index contributed by atoms with van der Waals surface area (Å²) in [5.41, 5.74) is 7.64. The summed E-state index contributed by atoms with van der Waals surface area (Å²) in [7, 11) is 0. The maximum atomic E-state index is 16.7. The zero-order valence-electron chi connectivity index (χ0n) is 36.9. The van der Waals surface area contributed by atoms with Crippen molar-refractivity contribution in [3.8, 4) is 35.4 Å². The Morgan fingerprint density at radius 2 is 1.86 bits per heavy atom. The molecule has 16 heteroatoms. The van der Waals surface area contributed by atoms with Crippen molar-refractivity contribution >= 4 is 39.0 Å². The Hall–Kier alpha value is -5.76. The van der Waals surface area contributed by atoms with Crippen molar-refractivity contribution in [1.82, 2.24) is 39.8 Å². The number of rotatable bonds is 10. The standard InChI is InChI=1S/C33H31F3N6O2.C16H25N5/c1-2-23-26(35)7-4-18-10-22(43)11-24(27(18)23)29-28(36)30-25(13-37-29)31(41-15-20-5-6-21(16-41)38-20)40-32(39-30)44-17-33-8-3-9-42(33)14-19(34)12-33;1-3-11(4-2)14-10-16(19-13-6-5-12(17)9-13)21-15(20-14)7-8-18-21/h1,4,7,10-11,13,19-21,38,43H,3,5-6,8-9,12,14-17H2;7-8,10-13,19H,3-6,9,17H2,1-2H3. The Bertz CT molecular complexity index is 2780. The molecule has 13 nitrogen and oxygen atoms in total. The molecule has 2 aromatic carbocycles. The normalized spacial score (nSPS) is 25.1. The van der Waals surface area contributed by atoms with Crippen LogP contribution in [0.3, 0.4) is 0 Å². The molecule has 0 amide bonds. The van der Waals surface area contributed by atoms with Crippen molar-refractivity contribution in [2.24, 2.45) is 5.73 Å². The molecule has 4 saturated heterocycles. The van der Waals surface area contributed by atoms with Crippen molar-refractivity contribution in [1.29, 1.82) is 0 Å². The van der Waals surface area contributed by atoms with E-state index in [1.54, 1.807) is 0 Å². The zero-order chi connectivity index (χ0) is 45.0. The fraction of sp³-hybridized carbons (Fsp3) is 0.490. The number of hydrogen-bond donors (Lipinski definition) is 4. The summed E-state index contributed by atoms with van der Waals surface area (Å²) in [5.74, 6) is 2.90. The van der Waals surface area contributed by atoms with Crippen molar-refractivity contribution in [3.63, 3.8) is 0 Å². The second kappa shape index (κ2) is 17.6. The quantitative estimate of drug-likeness (QED) is 0.100. The number of phenols is 1. The number of fused-ring (bicyclic) bond motifs is 6. The number of ether oxygens (including phenoxy) is 1. The highest BCUT2D eigenvalue weighted by Crippen LogP contribution is 2.42. The average molecular weight is 888 g/mol. The maximum absolute atomic E-state index is 16.7. The SMILES string of the molecule is C#Cc1c(F)ccc2cc(O)cc(-c3ncc4c(N5CC6CCC(C5)N6)nc(OCC56CCCN5CC(F)C6)nc4c3F)c12.CCC(CC)c1cc(NC2CCC(N)C2)n2nccc2n1. The van der Waals surface area contributed by atoms with Gasteiger partial charge in [0.15, 0.2) is 11.5 Å². The van der Waals surface area contributed by atoms with Crippen LogP contribution in [0.25, 0.3) is 38.6 Å². The van der Waals surface area contributed by atoms with E-state index in [2.05, 4.69) is 61.3 Å². The number of nitrogens with zero attached hydrogens (tertiary/aromatic N) is 8. The Morgan fingerprint density at radius 1 is 1.05 bits per heavy atom. The van der Waals surface area contributed by atoms with Gasteiger partial charge in [-0.15, -0.1) is 6.42 Å². The highest BCUT2D eigenvalue weighted by molar-refractivity contribution is 6.03. The third-order valence-corrected chi connectivity index (χ3v) is 14.4. The first kappa shape index (κ1) is 43.1. The molecule has 5 fully saturated rings. The van der Waals surface area contributed by atoms with Crippen LogP contribution in [0.2, 0.25) is 0 Å². The van der Waals surface area contributed by atoms with E-state index < -0.39 is 23.3 Å². The van der Waals surface area contributed by atoms with E-state index in [9.17, 15) is 13.9 Å². The number of benzene rings is 2. The number of anilines is 2. The first-order valence-corrected chi connectivity index (χ1v) is 23.2. The Morgan fingerprint density at radius 3 is 2.62 bits per heavy atom. The topological polar surface area (TPSA) is 155 Å². The summed E-state index contributed by atoms with van der Waals surface area (Å²) < 4.78 is 54.1. The average Bonchev–Trinajstić information content (AvgIpc) is 4.14. The number of aromatic nitrogens is 6. The van der Waals surface area contributed by atoms with E-state index in [4.69, 9.17) is 26.9 Å². The number of halogens is 3. The molecule has 6 atom stereocenters. The first-order valence-electron chi connectivity index (χ1n) is 23.2. The van der Waals surface area contributed by atoms with Crippen LogP contribution < -0.4 is 26.0 Å². The van der Waals surface area contributed by atoms with Gasteiger partial charge in [-0.25, -0.2) is 18.2 Å². The van der Waals surface area contributed by atoms with E-state index in [-0.39, 0.29) is 46.1 Å². The summed E-state index contributed by atoms with van der Waals surface area (Å²) in [6.07, 6.45) is 17.8. The van der Waals surface area contributed by atoms with Crippen molar-refractivity contribution in [2.45, 2.75) is 120 Å². The van der Waals surface area contributed by atoms with Crippen LogP contribution in [0.5, 0.6) is 11.8 Å². The van der Waals surface area contributed by atoms with Gasteiger partial charge in [-0.2, -0.15) is 19.6 Å². The Labute approximate surface area is 376 Å². The molecule has 1 saturated carbocycles. The van der Waals surface area contributed by atoms with Crippen LogP contribution in [0.15, 0.2) is 48.8 Å². The second-order valence-electron chi connectivity index (χ2n) is 18.7. The fourth-order valence-electron chi connectivity index (χ4n) is 11.2. The summed E-state index contributed by atoms with van der Waals surface area (Å²) in [6, 6.07) is 11.0. The zero-order valence-corrected chi connectivity index (χ0v) is 36.9. The second-order valence-corrected chi connectivity index (χ2v) is 18.7. The van der Waals surface area contributed by atoms with Crippen LogP contribution >= 0.6 is 0 Å². The van der Waals surface area contributed by atoms with Gasteiger partial charge >= 0.3 is 6.01 Å². The molecule has 5 aliphatic rings. The number of aromatic hydroxyl groups is 1. The lowest BCUT2D eigenvalue weighted by molar-refractivity contribution is 0.107. The van der Waals surface area contributed by atoms with E-state index in [0.29, 0.717) is 72.7 Å². The van der Waals surface area contributed by atoms with Gasteiger partial charge in [0.1, 0.15) is 47.2 Å². The number of phenolic OH excluding ortho intramolecular Hbond substituents is 1. The minimum absolute atomic E-state index is 0.00778. The minimum Gasteiger partial charge on any atom is -0.508 e. The third kappa shape index (κ3) is 8.16. The molecule has 8 heterocycles. The molecule has 5 N–H and O–H groups in total. The molecule has 340 valence electrons. The summed E-state index contributed by atoms with van der Waals surface area (Å²) in [5, 5.41) is 23.3. The maximum Gasteiger partial charge on any atom is 0.319 e. The number of nitrogens with one attached hydrogen (secondary N) is 2. The van der Waals surface area contributed by atoms with E-state index >= 15 is 4.39 Å². The molecule has 6 unspecified atom stereocenters. The van der Waals surface area contributed by atoms with E-state index in [1.807, 2.05) is 16.8 Å². The van der Waals surface area contributed by atoms with Gasteiger partial charge < -0.3 is 31.1 Å². The van der Waals surface area contributed by atoms with Crippen molar-refractivity contribution in [3.05, 3.63) is 71.7 Å². The molecule has 4 aliphatic heterocycles. The number of alkyl halides is 1. The molecule has 2 bridgehead atoms. The van der Waals surface area contributed by atoms with Crippen molar-refractivity contribution < 1.29 is 23.0 Å². The predicted molar refractivity (Wildman–Crippen MR) is 246 cm³/mol. The smallest absolute Gasteiger partial charge is 0.319 e. The molecule has 0 spiro atoms. The van der Waals surface area contributed by atoms with Gasteiger partial charge in [-0.1, -0.05) is 25.8 Å². The number of terminal acetylenes is 1. The first-order chi connectivity index (χ1) is 31.5. The van der Waals surface area contributed by atoms with E-state index in [1.165, 1.54) is 30.5 Å². The van der Waals surface area contributed by atoms with Crippen LogP contribution in [0.4, 0.5) is 24.8 Å². The molecule has 65 heavy (non-hydrogen) atoms. The summed E-state index contributed by atoms with van der Waals surface area (Å²) in [4.78, 5) is 22.8. The summed E-state index contributed by atoms with van der Waals surface area (Å²) >= 11 is 0. The molecular formula is C49H56F3N11O2. The van der Waals surface area contributed by atoms with Gasteiger partial charge in [0.2, 0.25) is 0 Å². The molecule has 0 radical (unpaired) electrons.